The molecule has 1 aliphatic heterocycles. The molecule has 0 aromatic carbocycles. The van der Waals surface area contributed by atoms with E-state index >= 15 is 0 Å². The van der Waals surface area contributed by atoms with Crippen molar-refractivity contribution < 1.29 is 9.13 Å². The van der Waals surface area contributed by atoms with Crippen LogP contribution in [0.5, 0.6) is 0 Å². The lowest BCUT2D eigenvalue weighted by Crippen LogP contribution is -2.55. The zero-order chi connectivity index (χ0) is 20.6. The van der Waals surface area contributed by atoms with Gasteiger partial charge in [0.2, 0.25) is 0 Å². The van der Waals surface area contributed by atoms with Gasteiger partial charge in [0.25, 0.3) is 13.3 Å². The zero-order valence-corrected chi connectivity index (χ0v) is 21.6. The van der Waals surface area contributed by atoms with Crippen LogP contribution in [-0.4, -0.2) is 82.5 Å². The summed E-state index contributed by atoms with van der Waals surface area (Å²) in [6, 6.07) is 0. The minimum atomic E-state index is -2.94. The minimum absolute atomic E-state index is 0.414. The molecule has 0 saturated carbocycles. The Balaban J connectivity index is 3.22. The van der Waals surface area contributed by atoms with Gasteiger partial charge in [-0.3, -0.25) is 9.13 Å². The fourth-order valence-electron chi connectivity index (χ4n) is 2.83. The predicted molar refractivity (Wildman–Crippen MR) is 120 cm³/mol. The van der Waals surface area contributed by atoms with E-state index in [-0.39, 0.29) is 0 Å². The number of rotatable bonds is 8. The van der Waals surface area contributed by atoms with E-state index in [2.05, 4.69) is 9.80 Å². The molecule has 6 nitrogen and oxygen atoms in total. The summed E-state index contributed by atoms with van der Waals surface area (Å²) in [7, 11) is 8.06. The Morgan fingerprint density at radius 2 is 0.962 bits per heavy atom. The van der Waals surface area contributed by atoms with Crippen molar-refractivity contribution in [3.63, 3.8) is 0 Å². The lowest BCUT2D eigenvalue weighted by molar-refractivity contribution is 0.244. The molecule has 0 aromatic heterocycles. The van der Waals surface area contributed by atoms with Crippen LogP contribution in [0.15, 0.2) is 0 Å². The van der Waals surface area contributed by atoms with Crippen LogP contribution in [0.25, 0.3) is 0 Å². The summed E-state index contributed by atoms with van der Waals surface area (Å²) in [4.78, 5) is 4.18. The monoisotopic (exact) mass is 444 g/mol. The maximum Gasteiger partial charge on any atom is 0.287 e. The molecule has 0 amide bonds. The maximum atomic E-state index is 14.1. The topological polar surface area (TPSA) is 47.1 Å². The van der Waals surface area contributed by atoms with Crippen molar-refractivity contribution >= 4 is 36.1 Å². The molecule has 1 heterocycles. The molecule has 0 N–H and O–H groups in total. The fourth-order valence-corrected chi connectivity index (χ4v) is 23.1. The van der Waals surface area contributed by atoms with E-state index in [1.165, 1.54) is 22.8 Å². The predicted octanol–water partition coefficient (Wildman–Crippen LogP) is 5.01. The van der Waals surface area contributed by atoms with Gasteiger partial charge in [-0.05, 0) is 69.7 Å². The van der Waals surface area contributed by atoms with Gasteiger partial charge in [0, 0.05) is 35.7 Å². The van der Waals surface area contributed by atoms with Gasteiger partial charge in [0.15, 0.2) is 0 Å². The third-order valence-corrected chi connectivity index (χ3v) is 18.9. The number of nitrogens with zero attached hydrogens (tertiary/aromatic N) is 4. The van der Waals surface area contributed by atoms with Crippen LogP contribution >= 0.6 is 36.1 Å². The molecule has 0 unspecified atom stereocenters. The van der Waals surface area contributed by atoms with Crippen LogP contribution in [-0.2, 0) is 9.13 Å². The Kier molecular flexibility index (Phi) is 8.46. The van der Waals surface area contributed by atoms with Gasteiger partial charge in [-0.2, -0.15) is 8.88 Å². The summed E-state index contributed by atoms with van der Waals surface area (Å²) in [5.41, 5.74) is -0.827. The maximum absolute atomic E-state index is 14.1. The van der Waals surface area contributed by atoms with Crippen LogP contribution in [0.2, 0.25) is 0 Å². The van der Waals surface area contributed by atoms with Crippen molar-refractivity contribution in [2.75, 3.05) is 52.8 Å². The second-order valence-corrected chi connectivity index (χ2v) is 19.1. The van der Waals surface area contributed by atoms with E-state index in [1.807, 2.05) is 78.6 Å². The summed E-state index contributed by atoms with van der Waals surface area (Å²) in [5.74, 6) is 1.51. The third kappa shape index (κ3) is 5.54. The van der Waals surface area contributed by atoms with E-state index < -0.39 is 24.4 Å². The smallest absolute Gasteiger partial charge is 0.287 e. The van der Waals surface area contributed by atoms with Crippen molar-refractivity contribution in [3.05, 3.63) is 0 Å². The quantitative estimate of drug-likeness (QED) is 0.485. The second-order valence-electron chi connectivity index (χ2n) is 9.17. The van der Waals surface area contributed by atoms with Gasteiger partial charge >= 0.3 is 0 Å². The van der Waals surface area contributed by atoms with Gasteiger partial charge < -0.3 is 9.80 Å². The molecule has 10 heteroatoms. The first kappa shape index (κ1) is 25.0. The Morgan fingerprint density at radius 1 is 0.692 bits per heavy atom. The molecule has 156 valence electrons. The van der Waals surface area contributed by atoms with Crippen LogP contribution in [0.4, 0.5) is 0 Å². The van der Waals surface area contributed by atoms with E-state index in [0.29, 0.717) is 0 Å². The van der Waals surface area contributed by atoms with Gasteiger partial charge in [0.05, 0.1) is 0 Å². The molecule has 1 saturated heterocycles. The molecular formula is C16H38N4O2P2S2. The SMILES string of the molecule is CN(C)CCSP1(=O)N(C(C)(C)C)P(=O)(SCCN(C)C)N1C(C)(C)C. The first-order chi connectivity index (χ1) is 11.6. The highest BCUT2D eigenvalue weighted by atomic mass is 32.8. The first-order valence-corrected chi connectivity index (χ1v) is 15.4. The Labute approximate surface area is 169 Å². The highest BCUT2D eigenvalue weighted by Crippen LogP contribution is 2.97. The van der Waals surface area contributed by atoms with Crippen molar-refractivity contribution in [1.82, 2.24) is 18.7 Å². The van der Waals surface area contributed by atoms with Crippen molar-refractivity contribution in [3.8, 4) is 0 Å². The van der Waals surface area contributed by atoms with Gasteiger partial charge in [0.1, 0.15) is 0 Å². The average Bonchev–Trinajstić information content (AvgIpc) is 2.32. The summed E-state index contributed by atoms with van der Waals surface area (Å²) in [5, 5.41) is 0. The summed E-state index contributed by atoms with van der Waals surface area (Å²) < 4.78 is 32.0. The largest absolute Gasteiger partial charge is 0.309 e. The Hall–Kier alpha value is 1.00. The van der Waals surface area contributed by atoms with Crippen LogP contribution in [0.1, 0.15) is 41.5 Å². The lowest BCUT2D eigenvalue weighted by Gasteiger charge is -2.62. The molecule has 1 aliphatic rings. The van der Waals surface area contributed by atoms with Crippen molar-refractivity contribution in [2.45, 2.75) is 52.6 Å². The summed E-state index contributed by atoms with van der Waals surface area (Å²) in [6.07, 6.45) is 0. The zero-order valence-electron chi connectivity index (χ0n) is 18.1. The number of hydrogen-bond acceptors (Lipinski definition) is 6. The molecule has 1 fully saturated rings. The van der Waals surface area contributed by atoms with E-state index in [1.54, 1.807) is 0 Å². The van der Waals surface area contributed by atoms with Crippen molar-refractivity contribution in [1.29, 1.82) is 0 Å². The summed E-state index contributed by atoms with van der Waals surface area (Å²) in [6.45, 7) is 7.94. The third-order valence-electron chi connectivity index (χ3n) is 3.75. The fraction of sp³-hybridized carbons (Fsp3) is 1.00. The molecule has 0 atom stereocenters. The first-order valence-electron chi connectivity index (χ1n) is 8.98. The Bertz CT molecular complexity index is 508. The van der Waals surface area contributed by atoms with Crippen LogP contribution < -0.4 is 0 Å². The molecule has 0 aromatic rings. The van der Waals surface area contributed by atoms with E-state index in [4.69, 9.17) is 0 Å². The highest BCUT2D eigenvalue weighted by molar-refractivity contribution is 8.68. The lowest BCUT2D eigenvalue weighted by atomic mass is 10.1. The molecule has 0 radical (unpaired) electrons. The molecule has 0 spiro atoms. The van der Waals surface area contributed by atoms with E-state index in [9.17, 15) is 9.13 Å². The Morgan fingerprint density at radius 3 is 1.15 bits per heavy atom. The van der Waals surface area contributed by atoms with Gasteiger partial charge in [-0.1, -0.05) is 22.8 Å². The molecule has 26 heavy (non-hydrogen) atoms. The highest BCUT2D eigenvalue weighted by Gasteiger charge is 2.71. The van der Waals surface area contributed by atoms with Gasteiger partial charge in [-0.15, -0.1) is 0 Å². The standard InChI is InChI=1S/C16H38N4O2P2S2/c1-15(2,3)19-23(21,25-13-11-17(7)8)20(16(4,5)6)24(19,22)26-14-12-18(9)10/h11-14H2,1-10H3. The van der Waals surface area contributed by atoms with Gasteiger partial charge in [-0.25, -0.2) is 0 Å². The molecular weight excluding hydrogens is 406 g/mol. The van der Waals surface area contributed by atoms with Crippen LogP contribution in [0, 0.1) is 0 Å². The summed E-state index contributed by atoms with van der Waals surface area (Å²) >= 11 is 2.95. The number of hydrogen-bond donors (Lipinski definition) is 0. The normalized spacial score (nSPS) is 28.8. The van der Waals surface area contributed by atoms with Crippen molar-refractivity contribution in [2.24, 2.45) is 0 Å². The second kappa shape index (κ2) is 8.79. The average molecular weight is 445 g/mol. The van der Waals surface area contributed by atoms with Crippen LogP contribution in [0.3, 0.4) is 0 Å². The minimum Gasteiger partial charge on any atom is -0.309 e. The molecule has 1 rings (SSSR count). The molecule has 0 aliphatic carbocycles. The molecule has 0 bridgehead atoms. The van der Waals surface area contributed by atoms with E-state index in [0.717, 1.165) is 24.6 Å².